The van der Waals surface area contributed by atoms with Crippen LogP contribution in [0.1, 0.15) is 81.1 Å². The van der Waals surface area contributed by atoms with Crippen molar-refractivity contribution >= 4 is 11.4 Å². The van der Waals surface area contributed by atoms with Crippen LogP contribution in [-0.2, 0) is 42.1 Å². The van der Waals surface area contributed by atoms with Gasteiger partial charge in [-0.1, -0.05) is 11.5 Å². The zero-order valence-corrected chi connectivity index (χ0v) is 39.9. The van der Waals surface area contributed by atoms with Crippen molar-refractivity contribution in [2.24, 2.45) is 0 Å². The fraction of sp³-hybridized carbons (Fsp3) is 0.320. The number of aromatic nitrogens is 4. The third-order valence-corrected chi connectivity index (χ3v) is 10.6. The van der Waals surface area contributed by atoms with Crippen LogP contribution in [0.25, 0.3) is 11.1 Å². The molecule has 8 rings (SSSR count). The van der Waals surface area contributed by atoms with Gasteiger partial charge in [-0.25, -0.2) is 22.1 Å². The number of hydrogen-bond donors (Lipinski definition) is 0. The molecular formula is C50H50N6O2Pt2-6. The summed E-state index contributed by atoms with van der Waals surface area (Å²) < 4.78 is 15.5. The molecule has 2 aliphatic heterocycles. The van der Waals surface area contributed by atoms with Crippen molar-refractivity contribution in [3.8, 4) is 46.5 Å². The summed E-state index contributed by atoms with van der Waals surface area (Å²) in [5.41, 5.74) is 3.78. The molecule has 0 aliphatic carbocycles. The molecule has 0 radical (unpaired) electrons. The molecule has 0 spiro atoms. The Bertz CT molecular complexity index is 2170. The third-order valence-electron chi connectivity index (χ3n) is 10.6. The van der Waals surface area contributed by atoms with E-state index in [1.54, 1.807) is 33.9 Å². The normalized spacial score (nSPS) is 16.2. The van der Waals surface area contributed by atoms with Gasteiger partial charge < -0.3 is 76.6 Å². The van der Waals surface area contributed by atoms with Gasteiger partial charge in [0.2, 0.25) is 11.8 Å². The average molecular weight is 1160 g/mol. The van der Waals surface area contributed by atoms with Gasteiger partial charge in [0, 0.05) is 125 Å². The van der Waals surface area contributed by atoms with E-state index in [2.05, 4.69) is 124 Å². The Labute approximate surface area is 386 Å². The van der Waals surface area contributed by atoms with E-state index in [4.69, 9.17) is 22.3 Å². The first-order valence-electron chi connectivity index (χ1n) is 19.5. The molecule has 0 bridgehead atoms. The van der Waals surface area contributed by atoms with Gasteiger partial charge in [-0.2, -0.15) is 12.1 Å². The van der Waals surface area contributed by atoms with Crippen molar-refractivity contribution in [1.82, 2.24) is 19.1 Å². The molecule has 2 aromatic carbocycles. The van der Waals surface area contributed by atoms with Crippen LogP contribution in [0.2, 0.25) is 0 Å². The molecule has 0 saturated carbocycles. The number of pyridine rings is 2. The summed E-state index contributed by atoms with van der Waals surface area (Å²) in [6.07, 6.45) is 28.3. The Morgan fingerprint density at radius 2 is 0.883 bits per heavy atom. The van der Waals surface area contributed by atoms with E-state index < -0.39 is 0 Å². The molecule has 2 fully saturated rings. The topological polar surface area (TPSA) is 60.6 Å². The van der Waals surface area contributed by atoms with Crippen molar-refractivity contribution in [3.63, 3.8) is 0 Å². The molecule has 0 amide bonds. The number of ether oxygens (including phenoxy) is 2. The summed E-state index contributed by atoms with van der Waals surface area (Å²) in [4.78, 5) is 13.9. The van der Waals surface area contributed by atoms with Crippen LogP contribution >= 0.6 is 0 Å². The maximum Gasteiger partial charge on any atom is 0.217 e. The first kappa shape index (κ1) is 47.7. The molecule has 4 aromatic heterocycles. The first-order valence-corrected chi connectivity index (χ1v) is 19.5. The van der Waals surface area contributed by atoms with Crippen molar-refractivity contribution in [2.75, 3.05) is 9.80 Å². The minimum Gasteiger partial charge on any atom is -0.669 e. The van der Waals surface area contributed by atoms with Gasteiger partial charge in [0.15, 0.2) is 0 Å². The van der Waals surface area contributed by atoms with Gasteiger partial charge in [-0.3, -0.25) is 12.1 Å². The molecule has 2 aliphatic rings. The Morgan fingerprint density at radius 3 is 1.18 bits per heavy atom. The Hall–Kier alpha value is -5.00. The summed E-state index contributed by atoms with van der Waals surface area (Å²) in [5, 5.41) is 0. The molecule has 2 saturated heterocycles. The smallest absolute Gasteiger partial charge is 0.217 e. The van der Waals surface area contributed by atoms with E-state index in [1.165, 1.54) is 0 Å². The molecular weight excluding hydrogens is 1110 g/mol. The molecule has 6 aromatic rings. The molecule has 0 atom stereocenters. The molecule has 318 valence electrons. The average Bonchev–Trinajstić information content (AvgIpc) is 3.99. The Morgan fingerprint density at radius 1 is 0.550 bits per heavy atom. The van der Waals surface area contributed by atoms with Gasteiger partial charge in [-0.05, 0) is 117 Å². The van der Waals surface area contributed by atoms with Gasteiger partial charge in [0.1, 0.15) is 0 Å². The minimum atomic E-state index is 0. The fourth-order valence-electron chi connectivity index (χ4n) is 8.13. The van der Waals surface area contributed by atoms with Crippen LogP contribution in [0.15, 0.2) is 110 Å². The monoisotopic (exact) mass is 1160 g/mol. The van der Waals surface area contributed by atoms with Crippen LogP contribution in [0.4, 0.5) is 11.4 Å². The molecule has 0 unspecified atom stereocenters. The summed E-state index contributed by atoms with van der Waals surface area (Å²) in [6.45, 7) is 18.4. The van der Waals surface area contributed by atoms with Crippen LogP contribution in [0.5, 0.6) is 23.3 Å². The summed E-state index contributed by atoms with van der Waals surface area (Å²) in [7, 11) is 0. The van der Waals surface area contributed by atoms with Crippen LogP contribution < -0.4 is 19.3 Å². The van der Waals surface area contributed by atoms with E-state index in [9.17, 15) is 0 Å². The molecule has 8 nitrogen and oxygen atoms in total. The van der Waals surface area contributed by atoms with Crippen LogP contribution in [0.3, 0.4) is 0 Å². The van der Waals surface area contributed by atoms with Gasteiger partial charge in [0.05, 0.1) is 0 Å². The van der Waals surface area contributed by atoms with E-state index >= 15 is 0 Å². The second-order valence-electron chi connectivity index (χ2n) is 16.9. The zero-order chi connectivity index (χ0) is 41.6. The number of anilines is 2. The summed E-state index contributed by atoms with van der Waals surface area (Å²) >= 11 is 0. The fourth-order valence-corrected chi connectivity index (χ4v) is 8.13. The number of rotatable bonds is 7. The van der Waals surface area contributed by atoms with Crippen molar-refractivity contribution in [1.29, 1.82) is 0 Å². The number of benzene rings is 2. The standard InChI is InChI=1S/C38H42N4O2.2C6H4N.2Pt/c1-35(2)17-18-36(3,4)41(35)29-15-21-39-33(25-29)43-31-13-9-11-27(23-31)28-12-10-14-32(24-28)44-34-26-30(16-22-40-34)42-37(5,6)19-20-38(42,7)8;2*1-2-7-5-3-4-6-7;;/h9-10,13-16,21-22,25-26H,17-20H2,1-8H3;2*3-6H;;/q-4;2*-1;;. The third kappa shape index (κ3) is 11.6. The van der Waals surface area contributed by atoms with E-state index in [-0.39, 0.29) is 64.3 Å². The van der Waals surface area contributed by atoms with Gasteiger partial charge in [-0.15, -0.1) is 0 Å². The largest absolute Gasteiger partial charge is 0.669 e. The van der Waals surface area contributed by atoms with Crippen molar-refractivity contribution < 1.29 is 51.6 Å². The second-order valence-corrected chi connectivity index (χ2v) is 16.9. The molecule has 6 heterocycles. The number of nitrogens with zero attached hydrogens (tertiary/aromatic N) is 6. The number of hydrogen-bond acceptors (Lipinski definition) is 6. The van der Waals surface area contributed by atoms with Crippen LogP contribution in [0, 0.1) is 49.2 Å². The predicted molar refractivity (Wildman–Crippen MR) is 230 cm³/mol. The predicted octanol–water partition coefficient (Wildman–Crippen LogP) is 11.0. The second kappa shape index (κ2) is 20.0. The van der Waals surface area contributed by atoms with E-state index in [0.717, 1.165) is 37.1 Å². The SMILES string of the molecule is CC1(C)CCC(C)(C)N1c1ccnc(Oc2[c-]c(-c3[c-]ccc(Oc4cc(N5C(C)(C)CCC5(C)C)ccn4)[c-]3)[c-]cc2)c1.[C-]#Cn1cccc1.[C-]#Cn1cccc1.[Pt].[Pt]. The Kier molecular flexibility index (Phi) is 15.9. The van der Waals surface area contributed by atoms with Crippen molar-refractivity contribution in [3.05, 3.63) is 147 Å². The Balaban J connectivity index is 0.000000419. The molecule has 0 N–H and O–H groups in total. The maximum atomic E-state index is 6.57. The first-order chi connectivity index (χ1) is 27.6. The zero-order valence-electron chi connectivity index (χ0n) is 35.4. The summed E-state index contributed by atoms with van der Waals surface area (Å²) in [5.74, 6) is 2.13. The van der Waals surface area contributed by atoms with E-state index in [0.29, 0.717) is 34.4 Å². The van der Waals surface area contributed by atoms with Gasteiger partial charge in [0.25, 0.3) is 0 Å². The molecule has 60 heavy (non-hydrogen) atoms. The van der Waals surface area contributed by atoms with Crippen LogP contribution in [-0.4, -0.2) is 41.3 Å². The van der Waals surface area contributed by atoms with E-state index in [1.807, 2.05) is 73.1 Å². The van der Waals surface area contributed by atoms with Crippen molar-refractivity contribution in [2.45, 2.75) is 103 Å². The quantitative estimate of drug-likeness (QED) is 0.117. The van der Waals surface area contributed by atoms with Gasteiger partial charge >= 0.3 is 0 Å². The molecule has 10 heteroatoms. The summed E-state index contributed by atoms with van der Waals surface area (Å²) in [6, 6.07) is 40.3. The maximum absolute atomic E-state index is 6.57. The minimum absolute atomic E-state index is 0.